The molecule has 0 fully saturated rings. The first-order chi connectivity index (χ1) is 6.86. The van der Waals surface area contributed by atoms with Gasteiger partial charge in [0.25, 0.3) is 0 Å². The second kappa shape index (κ2) is 6.70. The highest BCUT2D eigenvalue weighted by atomic mass is 35.5. The molecule has 0 spiro atoms. The average Bonchev–Trinajstić information content (AvgIpc) is 2.58. The molecular weight excluding hydrogens is 249 g/mol. The normalized spacial score (nSPS) is 9.62. The van der Waals surface area contributed by atoms with Crippen LogP contribution in [-0.4, -0.2) is 21.2 Å². The summed E-state index contributed by atoms with van der Waals surface area (Å²) in [6.07, 6.45) is 0. The van der Waals surface area contributed by atoms with Gasteiger partial charge in [0.2, 0.25) is 0 Å². The molecule has 1 aromatic heterocycles. The van der Waals surface area contributed by atoms with E-state index in [0.717, 1.165) is 11.0 Å². The van der Waals surface area contributed by atoms with Crippen LogP contribution in [0.25, 0.3) is 11.0 Å². The molecule has 3 N–H and O–H groups in total. The van der Waals surface area contributed by atoms with E-state index in [1.807, 2.05) is 28.8 Å². The Morgan fingerprint density at radius 2 is 1.94 bits per heavy atom. The minimum absolute atomic E-state index is 0. The van der Waals surface area contributed by atoms with Crippen molar-refractivity contribution in [3.05, 3.63) is 30.1 Å². The smallest absolute Gasteiger partial charge is 0.135 e. The summed E-state index contributed by atoms with van der Waals surface area (Å²) in [4.78, 5) is 4.31. The van der Waals surface area contributed by atoms with Crippen molar-refractivity contribution in [1.82, 2.24) is 9.55 Å². The molecule has 2 rings (SSSR count). The lowest BCUT2D eigenvalue weighted by Gasteiger charge is -2.04. The van der Waals surface area contributed by atoms with E-state index in [1.165, 1.54) is 0 Å². The molecular formula is C10H15Cl2N3O. The highest BCUT2D eigenvalue weighted by Crippen LogP contribution is 2.15. The maximum atomic E-state index is 9.12. The van der Waals surface area contributed by atoms with E-state index in [-0.39, 0.29) is 31.4 Å². The molecule has 0 bridgehead atoms. The van der Waals surface area contributed by atoms with Crippen LogP contribution in [-0.2, 0) is 13.2 Å². The Hall–Kier alpha value is -0.810. The van der Waals surface area contributed by atoms with Crippen molar-refractivity contribution in [3.8, 4) is 0 Å². The number of hydrogen-bond donors (Lipinski definition) is 2. The van der Waals surface area contributed by atoms with Gasteiger partial charge in [0, 0.05) is 13.1 Å². The van der Waals surface area contributed by atoms with Crippen LogP contribution < -0.4 is 5.73 Å². The van der Waals surface area contributed by atoms with E-state index >= 15 is 0 Å². The third kappa shape index (κ3) is 2.65. The van der Waals surface area contributed by atoms with Crippen molar-refractivity contribution in [2.45, 2.75) is 13.2 Å². The van der Waals surface area contributed by atoms with Crippen LogP contribution in [0, 0.1) is 0 Å². The second-order valence-electron chi connectivity index (χ2n) is 3.12. The molecule has 0 saturated carbocycles. The third-order valence-electron chi connectivity index (χ3n) is 2.23. The van der Waals surface area contributed by atoms with E-state index in [0.29, 0.717) is 18.9 Å². The molecule has 0 saturated heterocycles. The Labute approximate surface area is 106 Å². The summed E-state index contributed by atoms with van der Waals surface area (Å²) in [6, 6.07) is 7.81. The van der Waals surface area contributed by atoms with Gasteiger partial charge >= 0.3 is 0 Å². The maximum Gasteiger partial charge on any atom is 0.135 e. The quantitative estimate of drug-likeness (QED) is 0.879. The first-order valence-corrected chi connectivity index (χ1v) is 4.62. The monoisotopic (exact) mass is 263 g/mol. The molecule has 2 aromatic rings. The van der Waals surface area contributed by atoms with Gasteiger partial charge in [-0.15, -0.1) is 24.8 Å². The molecule has 0 radical (unpaired) electrons. The van der Waals surface area contributed by atoms with Gasteiger partial charge < -0.3 is 15.4 Å². The lowest BCUT2D eigenvalue weighted by atomic mass is 10.3. The van der Waals surface area contributed by atoms with E-state index in [2.05, 4.69) is 4.98 Å². The molecule has 1 heterocycles. The van der Waals surface area contributed by atoms with Crippen LogP contribution >= 0.6 is 24.8 Å². The van der Waals surface area contributed by atoms with Crippen molar-refractivity contribution >= 4 is 35.8 Å². The molecule has 0 atom stereocenters. The number of halogens is 2. The molecule has 0 amide bonds. The fourth-order valence-electron chi connectivity index (χ4n) is 1.62. The summed E-state index contributed by atoms with van der Waals surface area (Å²) in [7, 11) is 0. The van der Waals surface area contributed by atoms with Crippen LogP contribution in [0.5, 0.6) is 0 Å². The van der Waals surface area contributed by atoms with E-state index in [9.17, 15) is 0 Å². The van der Waals surface area contributed by atoms with E-state index in [4.69, 9.17) is 10.8 Å². The molecule has 1 aromatic carbocycles. The van der Waals surface area contributed by atoms with Crippen LogP contribution in [0.4, 0.5) is 0 Å². The number of aromatic nitrogens is 2. The van der Waals surface area contributed by atoms with Crippen molar-refractivity contribution < 1.29 is 5.11 Å². The van der Waals surface area contributed by atoms with Gasteiger partial charge in [-0.05, 0) is 12.1 Å². The summed E-state index contributed by atoms with van der Waals surface area (Å²) < 4.78 is 1.95. The highest BCUT2D eigenvalue weighted by molar-refractivity contribution is 5.85. The Kier molecular flexibility index (Phi) is 6.36. The molecule has 0 aliphatic heterocycles. The minimum Gasteiger partial charge on any atom is -0.388 e. The topological polar surface area (TPSA) is 64.1 Å². The zero-order valence-electron chi connectivity index (χ0n) is 8.67. The molecule has 4 nitrogen and oxygen atoms in total. The summed E-state index contributed by atoms with van der Waals surface area (Å²) >= 11 is 0. The zero-order chi connectivity index (χ0) is 9.97. The summed E-state index contributed by atoms with van der Waals surface area (Å²) in [6.45, 7) is 1.19. The molecule has 0 unspecified atom stereocenters. The van der Waals surface area contributed by atoms with Crippen LogP contribution in [0.1, 0.15) is 5.82 Å². The Morgan fingerprint density at radius 1 is 1.25 bits per heavy atom. The molecule has 90 valence electrons. The standard InChI is InChI=1S/C10H13N3O.2ClH/c11-5-6-13-9-4-2-1-3-8(9)12-10(13)7-14;;/h1-4,14H,5-7,11H2;2*1H. The van der Waals surface area contributed by atoms with Crippen LogP contribution in [0.3, 0.4) is 0 Å². The van der Waals surface area contributed by atoms with Crippen LogP contribution in [0.2, 0.25) is 0 Å². The fraction of sp³-hybridized carbons (Fsp3) is 0.300. The molecule has 6 heteroatoms. The summed E-state index contributed by atoms with van der Waals surface area (Å²) in [5.74, 6) is 0.677. The fourth-order valence-corrected chi connectivity index (χ4v) is 1.62. The predicted octanol–water partition coefficient (Wildman–Crippen LogP) is 1.33. The number of nitrogens with two attached hydrogens (primary N) is 1. The number of para-hydroxylation sites is 2. The summed E-state index contributed by atoms with van der Waals surface area (Å²) in [5, 5.41) is 9.12. The van der Waals surface area contributed by atoms with Gasteiger partial charge in [0.15, 0.2) is 0 Å². The Balaban J connectivity index is 0.00000112. The lowest BCUT2D eigenvalue weighted by molar-refractivity contribution is 0.266. The average molecular weight is 264 g/mol. The van der Waals surface area contributed by atoms with Crippen molar-refractivity contribution in [1.29, 1.82) is 0 Å². The van der Waals surface area contributed by atoms with Gasteiger partial charge in [0.05, 0.1) is 11.0 Å². The predicted molar refractivity (Wildman–Crippen MR) is 69.2 cm³/mol. The number of nitrogens with zero attached hydrogens (tertiary/aromatic N) is 2. The number of benzene rings is 1. The SMILES string of the molecule is Cl.Cl.NCCn1c(CO)nc2ccccc21. The molecule has 0 aliphatic rings. The van der Waals surface area contributed by atoms with E-state index in [1.54, 1.807) is 0 Å². The highest BCUT2D eigenvalue weighted by Gasteiger charge is 2.07. The molecule has 16 heavy (non-hydrogen) atoms. The first-order valence-electron chi connectivity index (χ1n) is 4.62. The second-order valence-corrected chi connectivity index (χ2v) is 3.12. The van der Waals surface area contributed by atoms with Gasteiger partial charge in [0.1, 0.15) is 12.4 Å². The summed E-state index contributed by atoms with van der Waals surface area (Å²) in [5.41, 5.74) is 7.44. The zero-order valence-corrected chi connectivity index (χ0v) is 10.3. The van der Waals surface area contributed by atoms with Crippen molar-refractivity contribution in [3.63, 3.8) is 0 Å². The lowest BCUT2D eigenvalue weighted by Crippen LogP contribution is -2.12. The molecule has 0 aliphatic carbocycles. The number of imidazole rings is 1. The number of aliphatic hydroxyl groups is 1. The Morgan fingerprint density at radius 3 is 2.56 bits per heavy atom. The van der Waals surface area contributed by atoms with E-state index < -0.39 is 0 Å². The number of fused-ring (bicyclic) bond motifs is 1. The number of hydrogen-bond acceptors (Lipinski definition) is 3. The minimum atomic E-state index is -0.0469. The maximum absolute atomic E-state index is 9.12. The van der Waals surface area contributed by atoms with Crippen molar-refractivity contribution in [2.75, 3.05) is 6.54 Å². The first kappa shape index (κ1) is 15.2. The third-order valence-corrected chi connectivity index (χ3v) is 2.23. The largest absolute Gasteiger partial charge is 0.388 e. The van der Waals surface area contributed by atoms with Crippen molar-refractivity contribution in [2.24, 2.45) is 5.73 Å². The van der Waals surface area contributed by atoms with Gasteiger partial charge in [-0.2, -0.15) is 0 Å². The Bertz CT molecular complexity index is 445. The van der Waals surface area contributed by atoms with Gasteiger partial charge in [-0.1, -0.05) is 12.1 Å². The number of rotatable bonds is 3. The number of aliphatic hydroxyl groups excluding tert-OH is 1. The van der Waals surface area contributed by atoms with Crippen LogP contribution in [0.15, 0.2) is 24.3 Å². The van der Waals surface area contributed by atoms with Gasteiger partial charge in [-0.25, -0.2) is 4.98 Å². The van der Waals surface area contributed by atoms with Gasteiger partial charge in [-0.3, -0.25) is 0 Å².